The Morgan fingerprint density at radius 3 is 2.93 bits per heavy atom. The lowest BCUT2D eigenvalue weighted by Crippen LogP contribution is -2.20. The molecule has 1 unspecified atom stereocenters. The first kappa shape index (κ1) is 10.7. The van der Waals surface area contributed by atoms with Crippen LogP contribution < -0.4 is 5.73 Å². The third kappa shape index (κ3) is 2.07. The fraction of sp³-hybridized carbons (Fsp3) is 0.750. The van der Waals surface area contributed by atoms with Gasteiger partial charge in [0.1, 0.15) is 5.82 Å². The van der Waals surface area contributed by atoms with E-state index in [0.717, 1.165) is 19.4 Å². The molecule has 2 N–H and O–H groups in total. The van der Waals surface area contributed by atoms with E-state index in [-0.39, 0.29) is 6.04 Å². The summed E-state index contributed by atoms with van der Waals surface area (Å²) in [6.07, 6.45) is 5.76. The molecule has 15 heavy (non-hydrogen) atoms. The molecule has 1 aromatic heterocycles. The van der Waals surface area contributed by atoms with E-state index < -0.39 is 0 Å². The minimum Gasteiger partial charge on any atom is -0.332 e. The third-order valence-corrected chi connectivity index (χ3v) is 3.11. The summed E-state index contributed by atoms with van der Waals surface area (Å²) < 4.78 is 2.42. The van der Waals surface area contributed by atoms with E-state index in [0.29, 0.717) is 0 Å². The van der Waals surface area contributed by atoms with Gasteiger partial charge in [0.05, 0.1) is 5.69 Å². The van der Waals surface area contributed by atoms with Crippen LogP contribution >= 0.6 is 0 Å². The van der Waals surface area contributed by atoms with Crippen LogP contribution in [0, 0.1) is 0 Å². The lowest BCUT2D eigenvalue weighted by Gasteiger charge is -2.17. The zero-order valence-electron chi connectivity index (χ0n) is 9.79. The Labute approximate surface area is 91.7 Å². The summed E-state index contributed by atoms with van der Waals surface area (Å²) in [6, 6.07) is 0.219. The van der Waals surface area contributed by atoms with Crippen molar-refractivity contribution in [1.29, 1.82) is 0 Å². The molecular formula is C12H21N3. The van der Waals surface area contributed by atoms with Crippen molar-refractivity contribution in [2.45, 2.75) is 58.5 Å². The minimum absolute atomic E-state index is 0.219. The molecule has 0 saturated carbocycles. The molecule has 0 fully saturated rings. The molecule has 0 spiro atoms. The molecule has 2 rings (SSSR count). The number of hydrogen-bond acceptors (Lipinski definition) is 2. The summed E-state index contributed by atoms with van der Waals surface area (Å²) in [4.78, 5) is 4.73. The lowest BCUT2D eigenvalue weighted by atomic mass is 10.1. The molecule has 0 bridgehead atoms. The molecular weight excluding hydrogens is 186 g/mol. The van der Waals surface area contributed by atoms with Crippen LogP contribution in [0.2, 0.25) is 0 Å². The monoisotopic (exact) mass is 207 g/mol. The van der Waals surface area contributed by atoms with Crippen molar-refractivity contribution in [3.63, 3.8) is 0 Å². The zero-order valence-corrected chi connectivity index (χ0v) is 9.79. The zero-order chi connectivity index (χ0) is 10.8. The molecule has 1 aliphatic rings. The van der Waals surface area contributed by atoms with Crippen LogP contribution in [0.5, 0.6) is 0 Å². The van der Waals surface area contributed by atoms with Crippen LogP contribution in [0.3, 0.4) is 0 Å². The van der Waals surface area contributed by atoms with Crippen molar-refractivity contribution < 1.29 is 0 Å². The van der Waals surface area contributed by atoms with Gasteiger partial charge in [0.15, 0.2) is 0 Å². The summed E-state index contributed by atoms with van der Waals surface area (Å²) in [6.45, 7) is 5.39. The number of imidazole rings is 1. The lowest BCUT2D eigenvalue weighted by molar-refractivity contribution is 0.513. The highest BCUT2D eigenvalue weighted by molar-refractivity contribution is 5.20. The second-order valence-electron chi connectivity index (χ2n) is 4.57. The van der Waals surface area contributed by atoms with E-state index in [9.17, 15) is 0 Å². The highest BCUT2D eigenvalue weighted by Crippen LogP contribution is 2.22. The highest BCUT2D eigenvalue weighted by atomic mass is 15.1. The minimum atomic E-state index is 0.219. The van der Waals surface area contributed by atoms with Crippen molar-refractivity contribution in [2.75, 3.05) is 0 Å². The van der Waals surface area contributed by atoms with E-state index in [1.165, 1.54) is 36.5 Å². The van der Waals surface area contributed by atoms with Gasteiger partial charge < -0.3 is 10.3 Å². The van der Waals surface area contributed by atoms with Gasteiger partial charge in [-0.2, -0.15) is 0 Å². The molecule has 0 aliphatic carbocycles. The van der Waals surface area contributed by atoms with Crippen molar-refractivity contribution in [1.82, 2.24) is 9.55 Å². The van der Waals surface area contributed by atoms with E-state index in [2.05, 4.69) is 18.4 Å². The van der Waals surface area contributed by atoms with Gasteiger partial charge in [0.2, 0.25) is 0 Å². The van der Waals surface area contributed by atoms with E-state index in [1.54, 1.807) is 0 Å². The summed E-state index contributed by atoms with van der Waals surface area (Å²) in [5.74, 6) is 1.25. The average Bonchev–Trinajstić information content (AvgIpc) is 2.56. The van der Waals surface area contributed by atoms with E-state index >= 15 is 0 Å². The van der Waals surface area contributed by atoms with Crippen LogP contribution in [0.25, 0.3) is 0 Å². The fourth-order valence-corrected chi connectivity index (χ4v) is 2.44. The van der Waals surface area contributed by atoms with Crippen molar-refractivity contribution in [3.05, 3.63) is 17.2 Å². The van der Waals surface area contributed by atoms with Crippen LogP contribution in [0.15, 0.2) is 0 Å². The Kier molecular flexibility index (Phi) is 3.10. The fourth-order valence-electron chi connectivity index (χ4n) is 2.44. The Bertz CT molecular complexity index is 339. The number of hydrogen-bond donors (Lipinski definition) is 1. The highest BCUT2D eigenvalue weighted by Gasteiger charge is 2.19. The average molecular weight is 207 g/mol. The topological polar surface area (TPSA) is 43.8 Å². The molecule has 0 saturated heterocycles. The van der Waals surface area contributed by atoms with Gasteiger partial charge in [0, 0.05) is 31.1 Å². The number of aryl methyl sites for hydroxylation is 1. The van der Waals surface area contributed by atoms with E-state index in [1.807, 2.05) is 0 Å². The van der Waals surface area contributed by atoms with Gasteiger partial charge >= 0.3 is 0 Å². The molecule has 1 atom stereocenters. The maximum atomic E-state index is 5.86. The summed E-state index contributed by atoms with van der Waals surface area (Å²) in [5, 5.41) is 0. The number of nitrogens with two attached hydrogens (primary N) is 1. The number of nitrogens with zero attached hydrogens (tertiary/aromatic N) is 2. The van der Waals surface area contributed by atoms with Gasteiger partial charge in [-0.05, 0) is 26.2 Å². The van der Waals surface area contributed by atoms with Crippen LogP contribution in [0.1, 0.15) is 43.9 Å². The first-order valence-electron chi connectivity index (χ1n) is 6.05. The smallest absolute Gasteiger partial charge is 0.108 e. The van der Waals surface area contributed by atoms with Crippen molar-refractivity contribution in [3.8, 4) is 0 Å². The quantitative estimate of drug-likeness (QED) is 0.819. The molecule has 0 amide bonds. The number of rotatable bonds is 3. The molecule has 3 heteroatoms. The number of fused-ring (bicyclic) bond motifs is 1. The summed E-state index contributed by atoms with van der Waals surface area (Å²) in [5.41, 5.74) is 8.56. The summed E-state index contributed by atoms with van der Waals surface area (Å²) in [7, 11) is 0. The van der Waals surface area contributed by atoms with Crippen molar-refractivity contribution >= 4 is 0 Å². The molecule has 3 nitrogen and oxygen atoms in total. The SMILES string of the molecule is CCc1nc(CC(C)N)c2n1CCCC2. The van der Waals surface area contributed by atoms with Gasteiger partial charge in [-0.1, -0.05) is 6.92 Å². The molecule has 0 radical (unpaired) electrons. The molecule has 84 valence electrons. The van der Waals surface area contributed by atoms with Crippen LogP contribution in [-0.2, 0) is 25.8 Å². The predicted molar refractivity (Wildman–Crippen MR) is 61.9 cm³/mol. The first-order valence-corrected chi connectivity index (χ1v) is 6.05. The van der Waals surface area contributed by atoms with Gasteiger partial charge in [-0.15, -0.1) is 0 Å². The summed E-state index contributed by atoms with van der Waals surface area (Å²) >= 11 is 0. The first-order chi connectivity index (χ1) is 7.22. The predicted octanol–water partition coefficient (Wildman–Crippen LogP) is 1.67. The van der Waals surface area contributed by atoms with Crippen LogP contribution in [0.4, 0.5) is 0 Å². The Morgan fingerprint density at radius 2 is 2.27 bits per heavy atom. The second-order valence-corrected chi connectivity index (χ2v) is 4.57. The molecule has 1 aromatic rings. The normalized spacial score (nSPS) is 17.5. The molecule has 2 heterocycles. The second kappa shape index (κ2) is 4.35. The molecule has 0 aromatic carbocycles. The van der Waals surface area contributed by atoms with Crippen molar-refractivity contribution in [2.24, 2.45) is 5.73 Å². The number of aromatic nitrogens is 2. The maximum absolute atomic E-state index is 5.86. The molecule has 1 aliphatic heterocycles. The standard InChI is InChI=1S/C12H21N3/c1-3-12-14-10(8-9(2)13)11-6-4-5-7-15(11)12/h9H,3-8,13H2,1-2H3. The Morgan fingerprint density at radius 1 is 1.47 bits per heavy atom. The largest absolute Gasteiger partial charge is 0.332 e. The maximum Gasteiger partial charge on any atom is 0.108 e. The van der Waals surface area contributed by atoms with Crippen LogP contribution in [-0.4, -0.2) is 15.6 Å². The van der Waals surface area contributed by atoms with E-state index in [4.69, 9.17) is 10.7 Å². The Balaban J connectivity index is 2.33. The third-order valence-electron chi connectivity index (χ3n) is 3.11. The Hall–Kier alpha value is -0.830. The van der Waals surface area contributed by atoms with Gasteiger partial charge in [0.25, 0.3) is 0 Å². The van der Waals surface area contributed by atoms with Gasteiger partial charge in [-0.25, -0.2) is 4.98 Å². The van der Waals surface area contributed by atoms with Gasteiger partial charge in [-0.3, -0.25) is 0 Å².